The van der Waals surface area contributed by atoms with E-state index in [4.69, 9.17) is 31.5 Å². The van der Waals surface area contributed by atoms with Gasteiger partial charge in [0.05, 0.1) is 10.9 Å². The zero-order valence-electron chi connectivity index (χ0n) is 12.6. The van der Waals surface area contributed by atoms with Crippen LogP contribution in [-0.2, 0) is 9.53 Å². The van der Waals surface area contributed by atoms with E-state index < -0.39 is 5.92 Å². The Morgan fingerprint density at radius 2 is 2.12 bits per heavy atom. The molecule has 0 aromatic heterocycles. The second-order valence-electron chi connectivity index (χ2n) is 5.74. The van der Waals surface area contributed by atoms with Gasteiger partial charge in [0.1, 0.15) is 17.4 Å². The summed E-state index contributed by atoms with van der Waals surface area (Å²) in [6.45, 7) is 0.0856. The molecule has 0 spiro atoms. The molecule has 0 amide bonds. The maximum Gasteiger partial charge on any atom is 0.231 e. The largest absolute Gasteiger partial charge is 0.454 e. The third-order valence-electron chi connectivity index (χ3n) is 4.42. The summed E-state index contributed by atoms with van der Waals surface area (Å²) >= 11 is 6.48. The SMILES string of the molecule is N#CC1=C(N)OC2=C(C(=O)CCC2)C1c1ccc2c(c1Cl)OCO2. The molecule has 1 aromatic carbocycles. The molecule has 7 heteroatoms. The van der Waals surface area contributed by atoms with Crippen LogP contribution >= 0.6 is 11.6 Å². The molecule has 1 atom stereocenters. The summed E-state index contributed by atoms with van der Waals surface area (Å²) in [5.74, 6) is 0.812. The monoisotopic (exact) mass is 344 g/mol. The topological polar surface area (TPSA) is 94.6 Å². The van der Waals surface area contributed by atoms with Gasteiger partial charge in [-0.3, -0.25) is 4.79 Å². The number of nitrogens with two attached hydrogens (primary N) is 1. The van der Waals surface area contributed by atoms with Gasteiger partial charge in [-0.25, -0.2) is 0 Å². The van der Waals surface area contributed by atoms with Crippen molar-refractivity contribution in [1.29, 1.82) is 5.26 Å². The number of carbonyl (C=O) groups excluding carboxylic acids is 1. The van der Waals surface area contributed by atoms with Crippen LogP contribution in [0.4, 0.5) is 0 Å². The molecule has 0 radical (unpaired) electrons. The number of fused-ring (bicyclic) bond motifs is 1. The highest BCUT2D eigenvalue weighted by Gasteiger charge is 2.39. The van der Waals surface area contributed by atoms with Gasteiger partial charge in [-0.2, -0.15) is 5.26 Å². The number of hydrogen-bond donors (Lipinski definition) is 1. The smallest absolute Gasteiger partial charge is 0.231 e. The Hall–Kier alpha value is -2.65. The summed E-state index contributed by atoms with van der Waals surface area (Å²) in [5.41, 5.74) is 7.16. The molecule has 0 saturated heterocycles. The summed E-state index contributed by atoms with van der Waals surface area (Å²) in [5, 5.41) is 9.88. The van der Waals surface area contributed by atoms with Crippen molar-refractivity contribution in [3.8, 4) is 17.6 Å². The summed E-state index contributed by atoms with van der Waals surface area (Å²) < 4.78 is 16.3. The Morgan fingerprint density at radius 3 is 2.92 bits per heavy atom. The van der Waals surface area contributed by atoms with Crippen LogP contribution < -0.4 is 15.2 Å². The molecular formula is C17H13ClN2O4. The summed E-state index contributed by atoms with van der Waals surface area (Å²) in [4.78, 5) is 12.5. The average Bonchev–Trinajstić information content (AvgIpc) is 3.04. The molecule has 2 N–H and O–H groups in total. The van der Waals surface area contributed by atoms with Crippen LogP contribution in [0.25, 0.3) is 0 Å². The van der Waals surface area contributed by atoms with Gasteiger partial charge in [0.2, 0.25) is 12.7 Å². The van der Waals surface area contributed by atoms with Crippen LogP contribution in [0.15, 0.2) is 34.9 Å². The van der Waals surface area contributed by atoms with Crippen molar-refractivity contribution >= 4 is 17.4 Å². The normalized spacial score (nSPS) is 22.2. The maximum atomic E-state index is 12.5. The van der Waals surface area contributed by atoms with E-state index in [1.807, 2.05) is 0 Å². The standard InChI is InChI=1S/C17H13ClN2O4/c18-15-8(4-5-12-16(15)23-7-22-12)13-9(6-19)17(20)24-11-3-1-2-10(21)14(11)13/h4-5,13H,1-3,7,20H2. The van der Waals surface area contributed by atoms with Crippen LogP contribution in [0.1, 0.15) is 30.7 Å². The van der Waals surface area contributed by atoms with Crippen molar-refractivity contribution in [3.63, 3.8) is 0 Å². The number of halogens is 1. The molecule has 2 aliphatic heterocycles. The first kappa shape index (κ1) is 14.9. The second kappa shape index (κ2) is 5.46. The third-order valence-corrected chi connectivity index (χ3v) is 4.81. The van der Waals surface area contributed by atoms with Gasteiger partial charge in [-0.05, 0) is 18.1 Å². The summed E-state index contributed by atoms with van der Waals surface area (Å²) in [6.07, 6.45) is 1.73. The van der Waals surface area contributed by atoms with Gasteiger partial charge in [-0.15, -0.1) is 0 Å². The van der Waals surface area contributed by atoms with Crippen LogP contribution in [0.3, 0.4) is 0 Å². The van der Waals surface area contributed by atoms with Crippen LogP contribution in [0.5, 0.6) is 11.5 Å². The van der Waals surface area contributed by atoms with E-state index in [-0.39, 0.29) is 24.0 Å². The molecule has 0 saturated carbocycles. The van der Waals surface area contributed by atoms with Crippen LogP contribution in [0.2, 0.25) is 5.02 Å². The van der Waals surface area contributed by atoms with Gasteiger partial charge in [0.25, 0.3) is 0 Å². The minimum atomic E-state index is -0.645. The molecular weight excluding hydrogens is 332 g/mol. The van der Waals surface area contributed by atoms with Gasteiger partial charge in [0, 0.05) is 18.4 Å². The molecule has 2 heterocycles. The molecule has 122 valence electrons. The van der Waals surface area contributed by atoms with E-state index in [0.29, 0.717) is 52.7 Å². The Balaban J connectivity index is 1.93. The molecule has 3 aliphatic rings. The van der Waals surface area contributed by atoms with Crippen molar-refractivity contribution < 1.29 is 19.0 Å². The zero-order chi connectivity index (χ0) is 16.8. The lowest BCUT2D eigenvalue weighted by atomic mass is 9.77. The Bertz CT molecular complexity index is 866. The fourth-order valence-electron chi connectivity index (χ4n) is 3.34. The number of carbonyl (C=O) groups is 1. The first-order valence-electron chi connectivity index (χ1n) is 7.53. The fourth-order valence-corrected chi connectivity index (χ4v) is 3.66. The highest BCUT2D eigenvalue weighted by atomic mass is 35.5. The van der Waals surface area contributed by atoms with Crippen molar-refractivity contribution in [3.05, 3.63) is 45.5 Å². The minimum absolute atomic E-state index is 0.0182. The predicted molar refractivity (Wildman–Crippen MR) is 84.1 cm³/mol. The minimum Gasteiger partial charge on any atom is -0.454 e. The lowest BCUT2D eigenvalue weighted by molar-refractivity contribution is -0.116. The number of nitrogens with zero attached hydrogens (tertiary/aromatic N) is 1. The predicted octanol–water partition coefficient (Wildman–Crippen LogP) is 2.88. The third kappa shape index (κ3) is 2.05. The highest BCUT2D eigenvalue weighted by molar-refractivity contribution is 6.33. The van der Waals surface area contributed by atoms with E-state index >= 15 is 0 Å². The molecule has 4 rings (SSSR count). The lowest BCUT2D eigenvalue weighted by Crippen LogP contribution is -2.27. The number of benzene rings is 1. The first-order valence-corrected chi connectivity index (χ1v) is 7.91. The van der Waals surface area contributed by atoms with E-state index in [2.05, 4.69) is 6.07 Å². The molecule has 0 fully saturated rings. The number of ketones is 1. The number of ether oxygens (including phenoxy) is 3. The van der Waals surface area contributed by atoms with Crippen LogP contribution in [-0.4, -0.2) is 12.6 Å². The van der Waals surface area contributed by atoms with Gasteiger partial charge < -0.3 is 19.9 Å². The van der Waals surface area contributed by atoms with Crippen molar-refractivity contribution in [2.45, 2.75) is 25.2 Å². The van der Waals surface area contributed by atoms with Crippen molar-refractivity contribution in [2.24, 2.45) is 5.73 Å². The van der Waals surface area contributed by atoms with Gasteiger partial charge in [-0.1, -0.05) is 17.7 Å². The average molecular weight is 345 g/mol. The number of rotatable bonds is 1. The fraction of sp³-hybridized carbons (Fsp3) is 0.294. The molecule has 1 unspecified atom stereocenters. The van der Waals surface area contributed by atoms with E-state index in [0.717, 1.165) is 0 Å². The number of hydrogen-bond acceptors (Lipinski definition) is 6. The van der Waals surface area contributed by atoms with E-state index in [1.165, 1.54) is 0 Å². The number of Topliss-reactive ketones (excluding diaryl/α,β-unsaturated/α-hetero) is 1. The zero-order valence-corrected chi connectivity index (χ0v) is 13.4. The molecule has 1 aliphatic carbocycles. The van der Waals surface area contributed by atoms with Crippen LogP contribution in [0, 0.1) is 11.3 Å². The number of nitriles is 1. The van der Waals surface area contributed by atoms with Gasteiger partial charge in [0.15, 0.2) is 17.3 Å². The molecule has 24 heavy (non-hydrogen) atoms. The van der Waals surface area contributed by atoms with E-state index in [9.17, 15) is 10.1 Å². The number of allylic oxidation sites excluding steroid dienone is 3. The molecule has 1 aromatic rings. The van der Waals surface area contributed by atoms with Crippen molar-refractivity contribution in [1.82, 2.24) is 0 Å². The second-order valence-corrected chi connectivity index (χ2v) is 6.12. The summed E-state index contributed by atoms with van der Waals surface area (Å²) in [6, 6.07) is 5.52. The Morgan fingerprint density at radius 1 is 1.29 bits per heavy atom. The molecule has 6 nitrogen and oxygen atoms in total. The van der Waals surface area contributed by atoms with Gasteiger partial charge >= 0.3 is 0 Å². The van der Waals surface area contributed by atoms with Crippen molar-refractivity contribution in [2.75, 3.05) is 6.79 Å². The first-order chi connectivity index (χ1) is 11.6. The maximum absolute atomic E-state index is 12.5. The quantitative estimate of drug-likeness (QED) is 0.841. The Kier molecular flexibility index (Phi) is 3.39. The lowest BCUT2D eigenvalue weighted by Gasteiger charge is -2.31. The summed E-state index contributed by atoms with van der Waals surface area (Å²) in [7, 11) is 0. The van der Waals surface area contributed by atoms with E-state index in [1.54, 1.807) is 12.1 Å². The highest BCUT2D eigenvalue weighted by Crippen LogP contribution is 2.49. The Labute approximate surface area is 143 Å². The molecule has 0 bridgehead atoms.